The Morgan fingerprint density at radius 3 is 2.33 bits per heavy atom. The molecule has 3 aromatic carbocycles. The smallest absolute Gasteiger partial charge is 0.328 e. The third kappa shape index (κ3) is 5.03. The summed E-state index contributed by atoms with van der Waals surface area (Å²) in [6.45, 7) is 2.65. The second kappa shape index (κ2) is 9.99. The number of hydrogen-bond donors (Lipinski definition) is 2. The number of rotatable bonds is 8. The lowest BCUT2D eigenvalue weighted by molar-refractivity contribution is -0.121. The molecule has 0 fully saturated rings. The van der Waals surface area contributed by atoms with E-state index >= 15 is 0 Å². The Balaban J connectivity index is 1.55. The van der Waals surface area contributed by atoms with Crippen molar-refractivity contribution in [2.45, 2.75) is 25.9 Å². The van der Waals surface area contributed by atoms with Crippen molar-refractivity contribution in [3.8, 4) is 5.75 Å². The number of aromatic amines is 1. The third-order valence-corrected chi connectivity index (χ3v) is 5.43. The largest absolute Gasteiger partial charge is 0.494 e. The highest BCUT2D eigenvalue weighted by molar-refractivity contribution is 5.79. The summed E-state index contributed by atoms with van der Waals surface area (Å²) in [7, 11) is 0. The first-order chi connectivity index (χ1) is 16.1. The summed E-state index contributed by atoms with van der Waals surface area (Å²) in [6, 6.07) is 23.8. The second-order valence-corrected chi connectivity index (χ2v) is 7.59. The molecule has 0 spiro atoms. The van der Waals surface area contributed by atoms with Crippen molar-refractivity contribution in [1.29, 1.82) is 0 Å². The molecule has 0 aliphatic rings. The average molecular weight is 444 g/mol. The van der Waals surface area contributed by atoms with Gasteiger partial charge in [0, 0.05) is 13.0 Å². The number of aromatic nitrogens is 2. The van der Waals surface area contributed by atoms with Crippen LogP contribution in [-0.4, -0.2) is 22.1 Å². The Morgan fingerprint density at radius 1 is 0.939 bits per heavy atom. The monoisotopic (exact) mass is 443 g/mol. The Bertz CT molecular complexity index is 1360. The Morgan fingerprint density at radius 2 is 1.61 bits per heavy atom. The molecule has 0 radical (unpaired) electrons. The van der Waals surface area contributed by atoms with Crippen LogP contribution in [0, 0.1) is 0 Å². The van der Waals surface area contributed by atoms with Gasteiger partial charge in [0.05, 0.1) is 23.6 Å². The van der Waals surface area contributed by atoms with Gasteiger partial charge in [-0.1, -0.05) is 54.6 Å². The van der Waals surface area contributed by atoms with Crippen molar-refractivity contribution in [1.82, 2.24) is 14.9 Å². The van der Waals surface area contributed by atoms with Gasteiger partial charge in [-0.2, -0.15) is 0 Å². The molecule has 1 atom stereocenters. The summed E-state index contributed by atoms with van der Waals surface area (Å²) in [5.74, 6) is 0.559. The van der Waals surface area contributed by atoms with Gasteiger partial charge in [0.2, 0.25) is 5.91 Å². The number of para-hydroxylation sites is 1. The molecule has 168 valence electrons. The van der Waals surface area contributed by atoms with E-state index in [2.05, 4.69) is 10.3 Å². The lowest BCUT2D eigenvalue weighted by atomic mass is 9.98. The first kappa shape index (κ1) is 22.1. The molecule has 7 heteroatoms. The van der Waals surface area contributed by atoms with Crippen LogP contribution in [0.1, 0.15) is 30.5 Å². The molecule has 2 N–H and O–H groups in total. The molecule has 1 aromatic heterocycles. The van der Waals surface area contributed by atoms with Gasteiger partial charge in [0.1, 0.15) is 5.75 Å². The zero-order chi connectivity index (χ0) is 23.2. The summed E-state index contributed by atoms with van der Waals surface area (Å²) in [5, 5.41) is 3.49. The van der Waals surface area contributed by atoms with Crippen molar-refractivity contribution in [3.63, 3.8) is 0 Å². The number of nitrogens with one attached hydrogen (secondary N) is 2. The minimum Gasteiger partial charge on any atom is -0.494 e. The summed E-state index contributed by atoms with van der Waals surface area (Å²) < 4.78 is 6.95. The van der Waals surface area contributed by atoms with E-state index in [-0.39, 0.29) is 24.9 Å². The van der Waals surface area contributed by atoms with Gasteiger partial charge in [-0.05, 0) is 42.3 Å². The fourth-order valence-electron chi connectivity index (χ4n) is 3.84. The number of carbonyl (C=O) groups excluding carboxylic acids is 1. The molecule has 0 saturated heterocycles. The summed E-state index contributed by atoms with van der Waals surface area (Å²) >= 11 is 0. The summed E-state index contributed by atoms with van der Waals surface area (Å²) in [5.41, 5.74) is 1.41. The molecule has 0 aliphatic carbocycles. The van der Waals surface area contributed by atoms with E-state index in [0.29, 0.717) is 17.5 Å². The maximum absolute atomic E-state index is 12.9. The van der Waals surface area contributed by atoms with Crippen molar-refractivity contribution < 1.29 is 9.53 Å². The fourth-order valence-corrected chi connectivity index (χ4v) is 3.84. The zero-order valence-corrected chi connectivity index (χ0v) is 18.3. The molecule has 1 unspecified atom stereocenters. The van der Waals surface area contributed by atoms with Crippen molar-refractivity contribution in [3.05, 3.63) is 111 Å². The minimum atomic E-state index is -0.530. The van der Waals surface area contributed by atoms with Crippen molar-refractivity contribution in [2.75, 3.05) is 6.61 Å². The number of aryl methyl sites for hydroxylation is 1. The topological polar surface area (TPSA) is 93.2 Å². The number of benzene rings is 3. The number of fused-ring (bicyclic) bond motifs is 1. The molecule has 0 saturated carbocycles. The molecule has 4 aromatic rings. The fraction of sp³-hybridized carbons (Fsp3) is 0.192. The van der Waals surface area contributed by atoms with E-state index in [1.165, 1.54) is 4.57 Å². The highest BCUT2D eigenvalue weighted by Gasteiger charge is 2.17. The van der Waals surface area contributed by atoms with Crippen molar-refractivity contribution in [2.24, 2.45) is 0 Å². The molecular weight excluding hydrogens is 418 g/mol. The Kier molecular flexibility index (Phi) is 6.69. The number of H-pyrrole nitrogens is 1. The van der Waals surface area contributed by atoms with Crippen LogP contribution in [0.3, 0.4) is 0 Å². The standard InChI is InChI=1S/C26H25N3O4/c1-2-33-20-14-12-19(13-15-20)24(18-8-4-3-5-9-18)27-23(30)16-17-29-22-11-7-6-10-21(22)25(31)28-26(29)32/h3-15,24H,2,16-17H2,1H3,(H,27,30)(H,28,31,32). The lowest BCUT2D eigenvalue weighted by Gasteiger charge is -2.20. The van der Waals surface area contributed by atoms with Gasteiger partial charge >= 0.3 is 5.69 Å². The van der Waals surface area contributed by atoms with Gasteiger partial charge in [0.25, 0.3) is 5.56 Å². The number of amides is 1. The van der Waals surface area contributed by atoms with Crippen molar-refractivity contribution >= 4 is 16.8 Å². The quantitative estimate of drug-likeness (QED) is 0.437. The first-order valence-electron chi connectivity index (χ1n) is 10.9. The molecule has 33 heavy (non-hydrogen) atoms. The lowest BCUT2D eigenvalue weighted by Crippen LogP contribution is -2.34. The van der Waals surface area contributed by atoms with Crippen LogP contribution in [0.25, 0.3) is 10.9 Å². The number of nitrogens with zero attached hydrogens (tertiary/aromatic N) is 1. The average Bonchev–Trinajstić information content (AvgIpc) is 2.84. The predicted octanol–water partition coefficient (Wildman–Crippen LogP) is 3.38. The maximum atomic E-state index is 12.9. The van der Waals surface area contributed by atoms with E-state index in [0.717, 1.165) is 16.9 Å². The highest BCUT2D eigenvalue weighted by atomic mass is 16.5. The van der Waals surface area contributed by atoms with Gasteiger partial charge in [-0.25, -0.2) is 4.79 Å². The highest BCUT2D eigenvalue weighted by Crippen LogP contribution is 2.24. The van der Waals surface area contributed by atoms with E-state index in [1.807, 2.05) is 61.5 Å². The molecule has 1 amide bonds. The van der Waals surface area contributed by atoms with Crippen LogP contribution >= 0.6 is 0 Å². The predicted molar refractivity (Wildman–Crippen MR) is 127 cm³/mol. The van der Waals surface area contributed by atoms with Crippen LogP contribution in [0.4, 0.5) is 0 Å². The normalized spacial score (nSPS) is 11.8. The maximum Gasteiger partial charge on any atom is 0.328 e. The van der Waals surface area contributed by atoms with Crippen LogP contribution in [0.2, 0.25) is 0 Å². The zero-order valence-electron chi connectivity index (χ0n) is 18.3. The van der Waals surface area contributed by atoms with E-state index in [1.54, 1.807) is 24.3 Å². The minimum absolute atomic E-state index is 0.0797. The van der Waals surface area contributed by atoms with Crippen LogP contribution in [0.15, 0.2) is 88.5 Å². The molecular formula is C26H25N3O4. The second-order valence-electron chi connectivity index (χ2n) is 7.59. The van der Waals surface area contributed by atoms with Crippen LogP contribution < -0.4 is 21.3 Å². The van der Waals surface area contributed by atoms with Gasteiger partial charge in [-0.3, -0.25) is 19.1 Å². The SMILES string of the molecule is CCOc1ccc(C(NC(=O)CCn2c(=O)[nH]c(=O)c3ccccc32)c2ccccc2)cc1. The number of carbonyl (C=O) groups is 1. The molecule has 7 nitrogen and oxygen atoms in total. The number of ether oxygens (including phenoxy) is 1. The number of hydrogen-bond acceptors (Lipinski definition) is 4. The first-order valence-corrected chi connectivity index (χ1v) is 10.9. The summed E-state index contributed by atoms with van der Waals surface area (Å²) in [6.07, 6.45) is 0.0797. The van der Waals surface area contributed by atoms with Gasteiger partial charge in [-0.15, -0.1) is 0 Å². The Labute approximate surface area is 190 Å². The van der Waals surface area contributed by atoms with Gasteiger partial charge in [0.15, 0.2) is 0 Å². The van der Waals surface area contributed by atoms with E-state index < -0.39 is 11.2 Å². The van der Waals surface area contributed by atoms with Crippen LogP contribution in [-0.2, 0) is 11.3 Å². The third-order valence-electron chi connectivity index (χ3n) is 5.43. The summed E-state index contributed by atoms with van der Waals surface area (Å²) in [4.78, 5) is 39.7. The Hall–Kier alpha value is -4.13. The van der Waals surface area contributed by atoms with Crippen LogP contribution in [0.5, 0.6) is 5.75 Å². The molecule has 4 rings (SSSR count). The van der Waals surface area contributed by atoms with E-state index in [4.69, 9.17) is 4.74 Å². The molecule has 0 bridgehead atoms. The van der Waals surface area contributed by atoms with E-state index in [9.17, 15) is 14.4 Å². The molecule has 0 aliphatic heterocycles. The van der Waals surface area contributed by atoms with Gasteiger partial charge < -0.3 is 10.1 Å². The molecule has 1 heterocycles.